The molecule has 1 saturated carbocycles. The van der Waals surface area contributed by atoms with Gasteiger partial charge < -0.3 is 16.2 Å². The van der Waals surface area contributed by atoms with Crippen molar-refractivity contribution in [3.63, 3.8) is 0 Å². The van der Waals surface area contributed by atoms with Gasteiger partial charge in [-0.2, -0.15) is 13.2 Å². The summed E-state index contributed by atoms with van der Waals surface area (Å²) in [4.78, 5) is 37.5. The van der Waals surface area contributed by atoms with Crippen molar-refractivity contribution in [1.29, 1.82) is 0 Å². The SMILES string of the molecule is C[C@]1(C(=O)O)CC[C@](C)(c2nc(-c3ccc(C(=O)Nc4cc(C(F)(F)F)ccn4)cc3)c3c(N)nccn23)C1. The minimum absolute atomic E-state index is 0.202. The molecule has 1 fully saturated rings. The second-order valence-corrected chi connectivity index (χ2v) is 10.4. The molecule has 0 bridgehead atoms. The third-order valence-electron chi connectivity index (χ3n) is 7.40. The van der Waals surface area contributed by atoms with Crippen LogP contribution in [-0.4, -0.2) is 36.3 Å². The molecular weight excluding hydrogens is 513 g/mol. The van der Waals surface area contributed by atoms with Gasteiger partial charge in [-0.3, -0.25) is 14.0 Å². The Bertz CT molecular complexity index is 1600. The molecule has 12 heteroatoms. The Hall–Kier alpha value is -4.48. The fourth-order valence-corrected chi connectivity index (χ4v) is 5.30. The number of aliphatic carboxylic acids is 1. The van der Waals surface area contributed by atoms with E-state index in [2.05, 4.69) is 15.3 Å². The minimum atomic E-state index is -4.56. The summed E-state index contributed by atoms with van der Waals surface area (Å²) in [6, 6.07) is 7.95. The van der Waals surface area contributed by atoms with Gasteiger partial charge in [-0.15, -0.1) is 0 Å². The van der Waals surface area contributed by atoms with Gasteiger partial charge >= 0.3 is 12.1 Å². The number of anilines is 2. The number of carboxylic acid groups (broad SMARTS) is 1. The third kappa shape index (κ3) is 4.66. The highest BCUT2D eigenvalue weighted by atomic mass is 19.4. The molecule has 0 unspecified atom stereocenters. The molecule has 1 aliphatic carbocycles. The number of benzene rings is 1. The van der Waals surface area contributed by atoms with Crippen molar-refractivity contribution in [2.45, 2.75) is 44.7 Å². The molecule has 1 aromatic carbocycles. The molecule has 39 heavy (non-hydrogen) atoms. The number of carbonyl (C=O) groups is 2. The predicted octanol–water partition coefficient (Wildman–Crippen LogP) is 5.18. The van der Waals surface area contributed by atoms with E-state index in [1.54, 1.807) is 31.5 Å². The Labute approximate surface area is 220 Å². The van der Waals surface area contributed by atoms with Crippen LogP contribution in [0, 0.1) is 5.41 Å². The first-order chi connectivity index (χ1) is 18.3. The zero-order valence-corrected chi connectivity index (χ0v) is 21.1. The Balaban J connectivity index is 1.47. The summed E-state index contributed by atoms with van der Waals surface area (Å²) in [7, 11) is 0. The summed E-state index contributed by atoms with van der Waals surface area (Å²) in [5.41, 5.74) is 5.84. The number of rotatable bonds is 5. The predicted molar refractivity (Wildman–Crippen MR) is 137 cm³/mol. The van der Waals surface area contributed by atoms with Crippen LogP contribution in [0.25, 0.3) is 16.8 Å². The van der Waals surface area contributed by atoms with Crippen LogP contribution in [0.5, 0.6) is 0 Å². The maximum absolute atomic E-state index is 13.0. The topological polar surface area (TPSA) is 135 Å². The number of imidazole rings is 1. The summed E-state index contributed by atoms with van der Waals surface area (Å²) in [6.07, 6.45) is 1.25. The molecule has 0 spiro atoms. The van der Waals surface area contributed by atoms with Gasteiger partial charge in [0.25, 0.3) is 5.91 Å². The van der Waals surface area contributed by atoms with E-state index in [0.717, 1.165) is 18.3 Å². The molecule has 202 valence electrons. The van der Waals surface area contributed by atoms with E-state index < -0.39 is 34.4 Å². The highest BCUT2D eigenvalue weighted by Gasteiger charge is 2.50. The second kappa shape index (κ2) is 9.07. The minimum Gasteiger partial charge on any atom is -0.481 e. The first-order valence-electron chi connectivity index (χ1n) is 12.1. The Morgan fingerprint density at radius 3 is 2.44 bits per heavy atom. The highest BCUT2D eigenvalue weighted by Crippen LogP contribution is 2.51. The number of carbonyl (C=O) groups excluding carboxylic acids is 1. The van der Waals surface area contributed by atoms with Crippen LogP contribution in [-0.2, 0) is 16.4 Å². The molecule has 2 atom stereocenters. The van der Waals surface area contributed by atoms with E-state index >= 15 is 0 Å². The first kappa shape index (κ1) is 26.1. The van der Waals surface area contributed by atoms with Crippen LogP contribution in [0.1, 0.15) is 54.9 Å². The highest BCUT2D eigenvalue weighted by molar-refractivity contribution is 6.04. The van der Waals surface area contributed by atoms with E-state index in [-0.39, 0.29) is 17.2 Å². The monoisotopic (exact) mass is 538 g/mol. The molecular formula is C27H25F3N6O3. The van der Waals surface area contributed by atoms with Gasteiger partial charge in [-0.1, -0.05) is 19.1 Å². The number of nitrogens with two attached hydrogens (primary N) is 1. The lowest BCUT2D eigenvalue weighted by Crippen LogP contribution is -2.29. The van der Waals surface area contributed by atoms with Gasteiger partial charge in [0, 0.05) is 35.1 Å². The van der Waals surface area contributed by atoms with Crippen molar-refractivity contribution in [3.05, 3.63) is 71.9 Å². The van der Waals surface area contributed by atoms with E-state index in [1.165, 1.54) is 12.1 Å². The molecule has 3 heterocycles. The second-order valence-electron chi connectivity index (χ2n) is 10.4. The van der Waals surface area contributed by atoms with Gasteiger partial charge in [0.1, 0.15) is 28.7 Å². The summed E-state index contributed by atoms with van der Waals surface area (Å²) < 4.78 is 40.8. The number of carboxylic acids is 1. The zero-order chi connectivity index (χ0) is 28.2. The van der Waals surface area contributed by atoms with E-state index in [1.807, 2.05) is 11.3 Å². The summed E-state index contributed by atoms with van der Waals surface area (Å²) >= 11 is 0. The molecule has 0 saturated heterocycles. The third-order valence-corrected chi connectivity index (χ3v) is 7.40. The number of nitrogens with one attached hydrogen (secondary N) is 1. The van der Waals surface area contributed by atoms with Gasteiger partial charge in [0.15, 0.2) is 0 Å². The quantitative estimate of drug-likeness (QED) is 0.319. The number of pyridine rings is 1. The van der Waals surface area contributed by atoms with Gasteiger partial charge in [-0.25, -0.2) is 15.0 Å². The van der Waals surface area contributed by atoms with Crippen molar-refractivity contribution in [3.8, 4) is 11.3 Å². The zero-order valence-electron chi connectivity index (χ0n) is 21.1. The van der Waals surface area contributed by atoms with Crippen molar-refractivity contribution < 1.29 is 27.9 Å². The molecule has 1 amide bonds. The van der Waals surface area contributed by atoms with Crippen LogP contribution in [0.4, 0.5) is 24.8 Å². The largest absolute Gasteiger partial charge is 0.481 e. The fourth-order valence-electron chi connectivity index (χ4n) is 5.30. The van der Waals surface area contributed by atoms with Gasteiger partial charge in [-0.05, 0) is 50.5 Å². The molecule has 9 nitrogen and oxygen atoms in total. The number of alkyl halides is 3. The average Bonchev–Trinajstić information content (AvgIpc) is 3.44. The maximum Gasteiger partial charge on any atom is 0.416 e. The lowest BCUT2D eigenvalue weighted by atomic mass is 9.81. The number of fused-ring (bicyclic) bond motifs is 1. The summed E-state index contributed by atoms with van der Waals surface area (Å²) in [5, 5.41) is 12.1. The molecule has 1 aliphatic rings. The smallest absolute Gasteiger partial charge is 0.416 e. The first-order valence-corrected chi connectivity index (χ1v) is 12.1. The van der Waals surface area contributed by atoms with Crippen LogP contribution in [0.15, 0.2) is 55.0 Å². The molecule has 3 aromatic heterocycles. The number of nitrogen functional groups attached to an aromatic ring is 1. The number of hydrogen-bond acceptors (Lipinski definition) is 6. The van der Waals surface area contributed by atoms with E-state index in [4.69, 9.17) is 10.7 Å². The molecule has 5 rings (SSSR count). The van der Waals surface area contributed by atoms with E-state index in [9.17, 15) is 27.9 Å². The Morgan fingerprint density at radius 1 is 1.08 bits per heavy atom. The lowest BCUT2D eigenvalue weighted by molar-refractivity contribution is -0.147. The van der Waals surface area contributed by atoms with Crippen molar-refractivity contribution in [2.24, 2.45) is 5.41 Å². The number of hydrogen-bond donors (Lipinski definition) is 3. The number of halogens is 3. The fraction of sp³-hybridized carbons (Fsp3) is 0.296. The number of aromatic nitrogens is 4. The molecule has 4 aromatic rings. The van der Waals surface area contributed by atoms with Gasteiger partial charge in [0.2, 0.25) is 0 Å². The van der Waals surface area contributed by atoms with Gasteiger partial charge in [0.05, 0.1) is 11.0 Å². The average molecular weight is 539 g/mol. The van der Waals surface area contributed by atoms with Crippen molar-refractivity contribution in [2.75, 3.05) is 11.1 Å². The Kier molecular flexibility index (Phi) is 6.08. The van der Waals surface area contributed by atoms with Crippen LogP contribution in [0.3, 0.4) is 0 Å². The van der Waals surface area contributed by atoms with Crippen molar-refractivity contribution in [1.82, 2.24) is 19.4 Å². The molecule has 4 N–H and O–H groups in total. The van der Waals surface area contributed by atoms with Crippen LogP contribution in [0.2, 0.25) is 0 Å². The van der Waals surface area contributed by atoms with Crippen molar-refractivity contribution >= 4 is 29.0 Å². The summed E-state index contributed by atoms with van der Waals surface area (Å²) in [6.45, 7) is 3.73. The molecule has 0 aliphatic heterocycles. The normalized spacial score (nSPS) is 21.3. The molecule has 0 radical (unpaired) electrons. The maximum atomic E-state index is 13.0. The van der Waals surface area contributed by atoms with Crippen LogP contribution < -0.4 is 11.1 Å². The standard InChI is InChI=1S/C27H25F3N6O3/c1-25(8-9-26(2,14-25)24(38)39)23-35-19(20-21(31)33-11-12-36(20)23)15-3-5-16(6-4-15)22(37)34-18-13-17(7-10-32-18)27(28,29)30/h3-7,10-13H,8-9,14H2,1-2H3,(H2,31,33)(H,38,39)(H,32,34,37)/t25-,26-/m0/s1. The van der Waals surface area contributed by atoms with E-state index in [0.29, 0.717) is 41.9 Å². The Morgan fingerprint density at radius 2 is 1.79 bits per heavy atom. The number of nitrogens with zero attached hydrogens (tertiary/aromatic N) is 4. The van der Waals surface area contributed by atoms with Crippen LogP contribution >= 0.6 is 0 Å². The summed E-state index contributed by atoms with van der Waals surface area (Å²) in [5.74, 6) is -0.782. The lowest BCUT2D eigenvalue weighted by Gasteiger charge is -2.25. The number of amides is 1.